The SMILES string of the molecule is CC(C)(C)NS(=O)(=O)c1cc(NC(=O)[C@@H]2CCC[C@@H]2CN)ccc1F. The number of nitrogens with one attached hydrogen (secondary N) is 2. The molecular weight excluding hydrogens is 345 g/mol. The van der Waals surface area contributed by atoms with Crippen LogP contribution in [0.15, 0.2) is 23.1 Å². The second kappa shape index (κ2) is 7.39. The number of rotatable bonds is 5. The topological polar surface area (TPSA) is 101 Å². The Hall–Kier alpha value is -1.51. The summed E-state index contributed by atoms with van der Waals surface area (Å²) in [5.74, 6) is -1.13. The molecular formula is C17H26FN3O3S. The second-order valence-electron chi connectivity index (χ2n) is 7.52. The monoisotopic (exact) mass is 371 g/mol. The number of carbonyl (C=O) groups excluding carboxylic acids is 1. The van der Waals surface area contributed by atoms with Gasteiger partial charge in [0.15, 0.2) is 0 Å². The van der Waals surface area contributed by atoms with Crippen LogP contribution in [0.4, 0.5) is 10.1 Å². The summed E-state index contributed by atoms with van der Waals surface area (Å²) in [4.78, 5) is 11.9. The van der Waals surface area contributed by atoms with E-state index in [4.69, 9.17) is 5.73 Å². The zero-order valence-electron chi connectivity index (χ0n) is 14.8. The van der Waals surface area contributed by atoms with Crippen molar-refractivity contribution < 1.29 is 17.6 Å². The van der Waals surface area contributed by atoms with E-state index in [0.29, 0.717) is 6.54 Å². The van der Waals surface area contributed by atoms with Crippen LogP contribution in [-0.4, -0.2) is 26.4 Å². The number of hydrogen-bond acceptors (Lipinski definition) is 4. The van der Waals surface area contributed by atoms with Gasteiger partial charge >= 0.3 is 0 Å². The molecule has 0 unspecified atom stereocenters. The summed E-state index contributed by atoms with van der Waals surface area (Å²) in [6.07, 6.45) is 2.61. The molecule has 1 aromatic rings. The van der Waals surface area contributed by atoms with E-state index in [1.54, 1.807) is 20.8 Å². The van der Waals surface area contributed by atoms with Crippen molar-refractivity contribution in [1.82, 2.24) is 4.72 Å². The minimum absolute atomic E-state index is 0.131. The van der Waals surface area contributed by atoms with Gasteiger partial charge < -0.3 is 11.1 Å². The molecule has 1 aliphatic carbocycles. The highest BCUT2D eigenvalue weighted by Gasteiger charge is 2.32. The van der Waals surface area contributed by atoms with E-state index < -0.39 is 26.3 Å². The fourth-order valence-corrected chi connectivity index (χ4v) is 4.67. The number of nitrogens with two attached hydrogens (primary N) is 1. The van der Waals surface area contributed by atoms with Crippen molar-refractivity contribution in [2.24, 2.45) is 17.6 Å². The molecule has 0 bridgehead atoms. The lowest BCUT2D eigenvalue weighted by atomic mass is 9.95. The van der Waals surface area contributed by atoms with E-state index in [0.717, 1.165) is 31.4 Å². The maximum atomic E-state index is 14.0. The second-order valence-corrected chi connectivity index (χ2v) is 9.17. The molecule has 0 heterocycles. The highest BCUT2D eigenvalue weighted by molar-refractivity contribution is 7.89. The van der Waals surface area contributed by atoms with Crippen molar-refractivity contribution in [3.05, 3.63) is 24.0 Å². The first-order valence-corrected chi connectivity index (χ1v) is 9.86. The van der Waals surface area contributed by atoms with Crippen LogP contribution in [0, 0.1) is 17.7 Å². The summed E-state index contributed by atoms with van der Waals surface area (Å²) in [6, 6.07) is 3.55. The van der Waals surface area contributed by atoms with E-state index in [2.05, 4.69) is 10.0 Å². The Kier molecular flexibility index (Phi) is 5.86. The van der Waals surface area contributed by atoms with Gasteiger partial charge in [0.25, 0.3) is 0 Å². The normalized spacial score (nSPS) is 21.3. The van der Waals surface area contributed by atoms with Crippen molar-refractivity contribution in [3.8, 4) is 0 Å². The molecule has 8 heteroatoms. The molecule has 0 aromatic heterocycles. The fourth-order valence-electron chi connectivity index (χ4n) is 3.14. The molecule has 25 heavy (non-hydrogen) atoms. The van der Waals surface area contributed by atoms with Crippen molar-refractivity contribution >= 4 is 21.6 Å². The number of sulfonamides is 1. The number of benzene rings is 1. The molecule has 0 radical (unpaired) electrons. The van der Waals surface area contributed by atoms with Gasteiger partial charge in [-0.15, -0.1) is 0 Å². The van der Waals surface area contributed by atoms with E-state index in [-0.39, 0.29) is 23.4 Å². The summed E-state index contributed by atoms with van der Waals surface area (Å²) in [7, 11) is -4.04. The molecule has 0 saturated heterocycles. The molecule has 1 fully saturated rings. The minimum atomic E-state index is -4.04. The van der Waals surface area contributed by atoms with Crippen LogP contribution in [0.2, 0.25) is 0 Å². The number of carbonyl (C=O) groups is 1. The smallest absolute Gasteiger partial charge is 0.244 e. The highest BCUT2D eigenvalue weighted by Crippen LogP contribution is 2.32. The zero-order valence-corrected chi connectivity index (χ0v) is 15.6. The Morgan fingerprint density at radius 2 is 2.00 bits per heavy atom. The largest absolute Gasteiger partial charge is 0.330 e. The number of hydrogen-bond donors (Lipinski definition) is 3. The number of anilines is 1. The quantitative estimate of drug-likeness (QED) is 0.738. The Balaban J connectivity index is 2.23. The Labute approximate surface area is 148 Å². The molecule has 2 atom stereocenters. The Morgan fingerprint density at radius 3 is 2.60 bits per heavy atom. The lowest BCUT2D eigenvalue weighted by Crippen LogP contribution is -2.40. The van der Waals surface area contributed by atoms with Gasteiger partial charge in [0, 0.05) is 17.1 Å². The van der Waals surface area contributed by atoms with E-state index in [1.807, 2.05) is 0 Å². The summed E-state index contributed by atoms with van der Waals surface area (Å²) in [5, 5.41) is 2.70. The maximum absolute atomic E-state index is 14.0. The third kappa shape index (κ3) is 4.99. The van der Waals surface area contributed by atoms with E-state index in [1.165, 1.54) is 6.07 Å². The van der Waals surface area contributed by atoms with Crippen LogP contribution in [0.3, 0.4) is 0 Å². The van der Waals surface area contributed by atoms with Gasteiger partial charge in [-0.1, -0.05) is 6.42 Å². The third-order valence-electron chi connectivity index (χ3n) is 4.23. The first-order chi connectivity index (χ1) is 11.5. The third-order valence-corrected chi connectivity index (χ3v) is 6.00. The van der Waals surface area contributed by atoms with Crippen molar-refractivity contribution in [1.29, 1.82) is 0 Å². The molecule has 6 nitrogen and oxygen atoms in total. The summed E-state index contributed by atoms with van der Waals surface area (Å²) in [5.41, 5.74) is 5.20. The highest BCUT2D eigenvalue weighted by atomic mass is 32.2. The average Bonchev–Trinajstić information content (AvgIpc) is 2.95. The lowest BCUT2D eigenvalue weighted by Gasteiger charge is -2.21. The first kappa shape index (κ1) is 19.8. The summed E-state index contributed by atoms with van der Waals surface area (Å²) in [6.45, 7) is 5.44. The number of halogens is 1. The summed E-state index contributed by atoms with van der Waals surface area (Å²) < 4.78 is 41.2. The molecule has 1 aliphatic rings. The molecule has 0 aliphatic heterocycles. The predicted octanol–water partition coefficient (Wildman–Crippen LogP) is 2.22. The predicted molar refractivity (Wildman–Crippen MR) is 95.0 cm³/mol. The molecule has 1 amide bonds. The fraction of sp³-hybridized carbons (Fsp3) is 0.588. The van der Waals surface area contributed by atoms with Crippen LogP contribution >= 0.6 is 0 Å². The Bertz CT molecular complexity index is 744. The number of amides is 1. The van der Waals surface area contributed by atoms with Crippen LogP contribution in [0.5, 0.6) is 0 Å². The molecule has 140 valence electrons. The van der Waals surface area contributed by atoms with Gasteiger partial charge in [-0.05, 0) is 64.3 Å². The zero-order chi connectivity index (χ0) is 18.8. The Morgan fingerprint density at radius 1 is 1.32 bits per heavy atom. The maximum Gasteiger partial charge on any atom is 0.244 e. The molecule has 4 N–H and O–H groups in total. The van der Waals surface area contributed by atoms with Gasteiger partial charge in [-0.2, -0.15) is 0 Å². The summed E-state index contributed by atoms with van der Waals surface area (Å²) >= 11 is 0. The molecule has 0 spiro atoms. The molecule has 2 rings (SSSR count). The van der Waals surface area contributed by atoms with Gasteiger partial charge in [0.1, 0.15) is 10.7 Å². The molecule has 1 aromatic carbocycles. The van der Waals surface area contributed by atoms with Crippen molar-refractivity contribution in [3.63, 3.8) is 0 Å². The standard InChI is InChI=1S/C17H26FN3O3S/c1-17(2,3)21-25(23,24)15-9-12(7-8-14(15)18)20-16(22)13-6-4-5-11(13)10-19/h7-9,11,13,21H,4-6,10,19H2,1-3H3,(H,20,22)/t11-,13-/m1/s1. The van der Waals surface area contributed by atoms with Crippen LogP contribution in [0.1, 0.15) is 40.0 Å². The van der Waals surface area contributed by atoms with Crippen molar-refractivity contribution in [2.75, 3.05) is 11.9 Å². The molecule has 1 saturated carbocycles. The van der Waals surface area contributed by atoms with Gasteiger partial charge in [-0.3, -0.25) is 4.79 Å². The van der Waals surface area contributed by atoms with Gasteiger partial charge in [0.2, 0.25) is 15.9 Å². The average molecular weight is 371 g/mol. The minimum Gasteiger partial charge on any atom is -0.330 e. The first-order valence-electron chi connectivity index (χ1n) is 8.38. The lowest BCUT2D eigenvalue weighted by molar-refractivity contribution is -0.120. The van der Waals surface area contributed by atoms with E-state index >= 15 is 0 Å². The van der Waals surface area contributed by atoms with Crippen LogP contribution < -0.4 is 15.8 Å². The van der Waals surface area contributed by atoms with Crippen LogP contribution in [-0.2, 0) is 14.8 Å². The van der Waals surface area contributed by atoms with E-state index in [9.17, 15) is 17.6 Å². The van der Waals surface area contributed by atoms with Crippen molar-refractivity contribution in [2.45, 2.75) is 50.5 Å². The van der Waals surface area contributed by atoms with Gasteiger partial charge in [-0.25, -0.2) is 17.5 Å². The van der Waals surface area contributed by atoms with Gasteiger partial charge in [0.05, 0.1) is 0 Å². The van der Waals surface area contributed by atoms with Crippen LogP contribution in [0.25, 0.3) is 0 Å².